The van der Waals surface area contributed by atoms with Crippen LogP contribution >= 0.6 is 0 Å². The Morgan fingerprint density at radius 2 is 2.36 bits per heavy atom. The highest BCUT2D eigenvalue weighted by Gasteiger charge is 2.13. The van der Waals surface area contributed by atoms with Crippen molar-refractivity contribution in [3.05, 3.63) is 17.5 Å². The van der Waals surface area contributed by atoms with E-state index in [4.69, 9.17) is 0 Å². The van der Waals surface area contributed by atoms with E-state index in [0.29, 0.717) is 6.29 Å². The second kappa shape index (κ2) is 2.77. The van der Waals surface area contributed by atoms with Crippen molar-refractivity contribution >= 4 is 6.29 Å². The first-order valence-corrected chi connectivity index (χ1v) is 2.92. The Hall–Kier alpha value is -1.26. The van der Waals surface area contributed by atoms with E-state index in [1.807, 2.05) is 0 Å². The van der Waals surface area contributed by atoms with Gasteiger partial charge in [0, 0.05) is 7.05 Å². The van der Waals surface area contributed by atoms with Crippen LogP contribution in [0.1, 0.15) is 22.6 Å². The number of hydrogen-bond acceptors (Lipinski definition) is 2. The van der Waals surface area contributed by atoms with Crippen LogP contribution in [0.25, 0.3) is 0 Å². The minimum Gasteiger partial charge on any atom is -0.296 e. The van der Waals surface area contributed by atoms with Gasteiger partial charge in [0.05, 0.1) is 0 Å². The summed E-state index contributed by atoms with van der Waals surface area (Å²) in [7, 11) is 1.37. The molecule has 1 rings (SSSR count). The molecule has 11 heavy (non-hydrogen) atoms. The van der Waals surface area contributed by atoms with Gasteiger partial charge in [-0.1, -0.05) is 0 Å². The number of nitrogens with zero attached hydrogens (tertiary/aromatic N) is 2. The van der Waals surface area contributed by atoms with Gasteiger partial charge in [-0.05, 0) is 6.07 Å². The van der Waals surface area contributed by atoms with Crippen molar-refractivity contribution in [1.29, 1.82) is 0 Å². The largest absolute Gasteiger partial charge is 0.296 e. The third kappa shape index (κ3) is 1.42. The number of aldehydes is 1. The molecule has 0 aliphatic heterocycles. The van der Waals surface area contributed by atoms with Crippen LogP contribution in [-0.2, 0) is 7.05 Å². The number of carbonyl (C=O) groups excluding carboxylic acids is 1. The van der Waals surface area contributed by atoms with E-state index in [1.54, 1.807) is 0 Å². The van der Waals surface area contributed by atoms with Crippen LogP contribution in [0.15, 0.2) is 6.07 Å². The molecule has 0 saturated carbocycles. The summed E-state index contributed by atoms with van der Waals surface area (Å²) in [6.07, 6.45) is -2.15. The quantitative estimate of drug-likeness (QED) is 0.608. The summed E-state index contributed by atoms with van der Waals surface area (Å²) in [5.41, 5.74) is -0.213. The average Bonchev–Trinajstić information content (AvgIpc) is 2.30. The summed E-state index contributed by atoms with van der Waals surface area (Å²) in [5.74, 6) is 0. The lowest BCUT2D eigenvalue weighted by molar-refractivity contribution is 0.111. The predicted octanol–water partition coefficient (Wildman–Crippen LogP) is 1.17. The Balaban J connectivity index is 3.06. The summed E-state index contributed by atoms with van der Waals surface area (Å²) in [6.45, 7) is 0. The van der Waals surface area contributed by atoms with Gasteiger partial charge in [-0.25, -0.2) is 8.78 Å². The zero-order chi connectivity index (χ0) is 8.43. The zero-order valence-corrected chi connectivity index (χ0v) is 5.79. The molecule has 1 aromatic rings. The minimum atomic E-state index is -2.58. The highest BCUT2D eigenvalue weighted by Crippen LogP contribution is 2.17. The van der Waals surface area contributed by atoms with Gasteiger partial charge in [0.25, 0.3) is 6.43 Å². The predicted molar refractivity (Wildman–Crippen MR) is 33.6 cm³/mol. The molecule has 0 saturated heterocycles. The molecule has 0 bridgehead atoms. The maximum absolute atomic E-state index is 12.0. The van der Waals surface area contributed by atoms with Gasteiger partial charge in [-0.15, -0.1) is 0 Å². The summed E-state index contributed by atoms with van der Waals surface area (Å²) in [4.78, 5) is 10.1. The number of carbonyl (C=O) groups is 1. The molecule has 0 amide bonds. The molecule has 0 radical (unpaired) electrons. The highest BCUT2D eigenvalue weighted by molar-refractivity contribution is 5.71. The fourth-order valence-electron chi connectivity index (χ4n) is 0.767. The number of rotatable bonds is 2. The van der Waals surface area contributed by atoms with Crippen molar-refractivity contribution < 1.29 is 13.6 Å². The van der Waals surface area contributed by atoms with Gasteiger partial charge in [0.1, 0.15) is 11.4 Å². The number of hydrogen-bond donors (Lipinski definition) is 0. The van der Waals surface area contributed by atoms with Crippen molar-refractivity contribution in [3.63, 3.8) is 0 Å². The molecule has 1 heterocycles. The van der Waals surface area contributed by atoms with Crippen LogP contribution in [0.2, 0.25) is 0 Å². The average molecular weight is 160 g/mol. The van der Waals surface area contributed by atoms with E-state index in [2.05, 4.69) is 5.10 Å². The molecule has 0 aliphatic rings. The Bertz CT molecular complexity index is 270. The first kappa shape index (κ1) is 7.84. The Labute approximate surface area is 61.6 Å². The lowest BCUT2D eigenvalue weighted by atomic mass is 10.4. The van der Waals surface area contributed by atoms with Crippen LogP contribution in [0.5, 0.6) is 0 Å². The van der Waals surface area contributed by atoms with Gasteiger partial charge in [-0.3, -0.25) is 9.48 Å². The number of alkyl halides is 2. The smallest absolute Gasteiger partial charge is 0.280 e. The van der Waals surface area contributed by atoms with E-state index in [1.165, 1.54) is 7.05 Å². The second-order valence-corrected chi connectivity index (χ2v) is 2.04. The SMILES string of the molecule is Cn1nc(C=O)cc1C(F)F. The van der Waals surface area contributed by atoms with Crippen molar-refractivity contribution in [2.75, 3.05) is 0 Å². The fourth-order valence-corrected chi connectivity index (χ4v) is 0.767. The maximum Gasteiger partial charge on any atom is 0.280 e. The van der Waals surface area contributed by atoms with Gasteiger partial charge >= 0.3 is 0 Å². The third-order valence-corrected chi connectivity index (χ3v) is 1.28. The number of aromatic nitrogens is 2. The molecular weight excluding hydrogens is 154 g/mol. The Morgan fingerprint density at radius 3 is 2.64 bits per heavy atom. The van der Waals surface area contributed by atoms with Crippen molar-refractivity contribution in [2.24, 2.45) is 7.05 Å². The van der Waals surface area contributed by atoms with Gasteiger partial charge in [0.15, 0.2) is 6.29 Å². The van der Waals surface area contributed by atoms with Crippen LogP contribution in [0.4, 0.5) is 8.78 Å². The molecule has 0 atom stereocenters. The van der Waals surface area contributed by atoms with Crippen molar-refractivity contribution in [3.8, 4) is 0 Å². The van der Waals surface area contributed by atoms with E-state index < -0.39 is 6.43 Å². The minimum absolute atomic E-state index is 0.0304. The molecule has 60 valence electrons. The summed E-state index contributed by atoms with van der Waals surface area (Å²) < 4.78 is 25.0. The highest BCUT2D eigenvalue weighted by atomic mass is 19.3. The summed E-state index contributed by atoms with van der Waals surface area (Å²) >= 11 is 0. The second-order valence-electron chi connectivity index (χ2n) is 2.04. The molecule has 0 unspecified atom stereocenters. The molecule has 3 nitrogen and oxygen atoms in total. The molecule has 0 aliphatic carbocycles. The summed E-state index contributed by atoms with van der Waals surface area (Å²) in [5, 5.41) is 3.52. The zero-order valence-electron chi connectivity index (χ0n) is 5.79. The number of halogens is 2. The van der Waals surface area contributed by atoms with Crippen LogP contribution in [0.3, 0.4) is 0 Å². The number of aryl methyl sites for hydroxylation is 1. The molecule has 0 N–H and O–H groups in total. The first-order valence-electron chi connectivity index (χ1n) is 2.92. The molecule has 0 spiro atoms. The van der Waals surface area contributed by atoms with Gasteiger partial charge in [0.2, 0.25) is 0 Å². The van der Waals surface area contributed by atoms with Crippen LogP contribution in [0, 0.1) is 0 Å². The Kier molecular flexibility index (Phi) is 1.98. The van der Waals surface area contributed by atoms with E-state index in [-0.39, 0.29) is 11.4 Å². The molecular formula is C6H6F2N2O. The maximum atomic E-state index is 12.0. The molecule has 5 heteroatoms. The normalized spacial score (nSPS) is 10.5. The standard InChI is InChI=1S/C6H6F2N2O/c1-10-5(6(7)8)2-4(3-11)9-10/h2-3,6H,1H3. The lowest BCUT2D eigenvalue weighted by Crippen LogP contribution is -1.97. The first-order chi connectivity index (χ1) is 5.15. The van der Waals surface area contributed by atoms with Crippen molar-refractivity contribution in [2.45, 2.75) is 6.43 Å². The molecule has 0 fully saturated rings. The lowest BCUT2D eigenvalue weighted by Gasteiger charge is -1.96. The molecule has 0 aromatic carbocycles. The van der Waals surface area contributed by atoms with Crippen LogP contribution in [-0.4, -0.2) is 16.1 Å². The summed E-state index contributed by atoms with van der Waals surface area (Å²) in [6, 6.07) is 1.07. The van der Waals surface area contributed by atoms with Crippen molar-refractivity contribution in [1.82, 2.24) is 9.78 Å². The monoisotopic (exact) mass is 160 g/mol. The fraction of sp³-hybridized carbons (Fsp3) is 0.333. The van der Waals surface area contributed by atoms with E-state index in [9.17, 15) is 13.6 Å². The topological polar surface area (TPSA) is 34.9 Å². The Morgan fingerprint density at radius 1 is 1.73 bits per heavy atom. The van der Waals surface area contributed by atoms with Gasteiger partial charge < -0.3 is 0 Å². The van der Waals surface area contributed by atoms with E-state index in [0.717, 1.165) is 10.7 Å². The van der Waals surface area contributed by atoms with Gasteiger partial charge in [-0.2, -0.15) is 5.10 Å². The molecule has 1 aromatic heterocycles. The van der Waals surface area contributed by atoms with Crippen LogP contribution < -0.4 is 0 Å². The van der Waals surface area contributed by atoms with E-state index >= 15 is 0 Å². The third-order valence-electron chi connectivity index (χ3n) is 1.28.